The topological polar surface area (TPSA) is 72.7 Å². The number of anilines is 1. The number of hydrogen-bond acceptors (Lipinski definition) is 5. The number of carbonyl (C=O) groups is 1. The molecule has 2 heterocycles. The van der Waals surface area contributed by atoms with Crippen molar-refractivity contribution in [1.29, 1.82) is 0 Å². The first-order valence-corrected chi connectivity index (χ1v) is 9.28. The number of benzene rings is 1. The molecule has 1 aromatic carbocycles. The number of aryl methyl sites for hydroxylation is 3. The molecule has 0 atom stereocenters. The van der Waals surface area contributed by atoms with Gasteiger partial charge in [-0.3, -0.25) is 4.79 Å². The average Bonchev–Trinajstić information content (AvgIpc) is 3.23. The Morgan fingerprint density at radius 2 is 2.12 bits per heavy atom. The van der Waals surface area contributed by atoms with Crippen molar-refractivity contribution in [2.75, 3.05) is 5.32 Å². The third-order valence-corrected chi connectivity index (χ3v) is 5.14. The Balaban J connectivity index is 1.45. The summed E-state index contributed by atoms with van der Waals surface area (Å²) in [5.74, 6) is -0.133. The molecule has 0 bridgehead atoms. The molecule has 1 aliphatic carbocycles. The van der Waals surface area contributed by atoms with E-state index in [0.717, 1.165) is 17.7 Å². The quantitative estimate of drug-likeness (QED) is 0.782. The van der Waals surface area contributed by atoms with Crippen LogP contribution in [0.5, 0.6) is 0 Å². The minimum absolute atomic E-state index is 0.133. The van der Waals surface area contributed by atoms with Crippen LogP contribution in [-0.4, -0.2) is 25.9 Å². The standard InChI is InChI=1S/C18H19N5OS/c1-23-19-10-15(22-23)9-17(24)21-18-20-16(11-25-18)14-7-6-12-4-2-3-5-13(12)8-14/h6-8,10-11H,2-5,9H2,1H3,(H,20,21,24). The van der Waals surface area contributed by atoms with Gasteiger partial charge in [0.05, 0.1) is 24.0 Å². The summed E-state index contributed by atoms with van der Waals surface area (Å²) in [5.41, 5.74) is 5.57. The highest BCUT2D eigenvalue weighted by Crippen LogP contribution is 2.29. The zero-order valence-corrected chi connectivity index (χ0v) is 14.8. The van der Waals surface area contributed by atoms with Gasteiger partial charge in [-0.1, -0.05) is 12.1 Å². The van der Waals surface area contributed by atoms with Gasteiger partial charge in [-0.2, -0.15) is 15.0 Å². The number of carbonyl (C=O) groups excluding carboxylic acids is 1. The predicted molar refractivity (Wildman–Crippen MR) is 97.5 cm³/mol. The summed E-state index contributed by atoms with van der Waals surface area (Å²) < 4.78 is 0. The van der Waals surface area contributed by atoms with Gasteiger partial charge >= 0.3 is 0 Å². The van der Waals surface area contributed by atoms with Gasteiger partial charge in [0.1, 0.15) is 0 Å². The monoisotopic (exact) mass is 353 g/mol. The van der Waals surface area contributed by atoms with E-state index in [1.807, 2.05) is 5.38 Å². The molecule has 0 spiro atoms. The Bertz CT molecular complexity index is 914. The Morgan fingerprint density at radius 1 is 1.28 bits per heavy atom. The lowest BCUT2D eigenvalue weighted by molar-refractivity contribution is -0.115. The lowest BCUT2D eigenvalue weighted by Crippen LogP contribution is -2.14. The third kappa shape index (κ3) is 3.61. The van der Waals surface area contributed by atoms with Crippen LogP contribution in [0.3, 0.4) is 0 Å². The molecule has 0 fully saturated rings. The van der Waals surface area contributed by atoms with Crippen LogP contribution in [-0.2, 0) is 31.1 Å². The molecule has 0 saturated carbocycles. The summed E-state index contributed by atoms with van der Waals surface area (Å²) >= 11 is 1.44. The second-order valence-corrected chi connectivity index (χ2v) is 7.14. The maximum absolute atomic E-state index is 12.1. The van der Waals surface area contributed by atoms with E-state index in [9.17, 15) is 4.79 Å². The predicted octanol–water partition coefficient (Wildman–Crippen LogP) is 3.00. The molecule has 3 aromatic rings. The van der Waals surface area contributed by atoms with Crippen LogP contribution in [0.4, 0.5) is 5.13 Å². The van der Waals surface area contributed by atoms with Crippen molar-refractivity contribution in [3.8, 4) is 11.3 Å². The van der Waals surface area contributed by atoms with Crippen molar-refractivity contribution in [3.63, 3.8) is 0 Å². The van der Waals surface area contributed by atoms with Crippen LogP contribution in [0.2, 0.25) is 0 Å². The van der Waals surface area contributed by atoms with Gasteiger partial charge in [-0.05, 0) is 42.9 Å². The minimum Gasteiger partial charge on any atom is -0.302 e. The fourth-order valence-electron chi connectivity index (χ4n) is 3.15. The van der Waals surface area contributed by atoms with Crippen LogP contribution in [0.25, 0.3) is 11.3 Å². The molecule has 25 heavy (non-hydrogen) atoms. The Hall–Kier alpha value is -2.54. The number of nitrogens with one attached hydrogen (secondary N) is 1. The maximum Gasteiger partial charge on any atom is 0.232 e. The molecule has 4 rings (SSSR count). The van der Waals surface area contributed by atoms with Crippen molar-refractivity contribution in [2.45, 2.75) is 32.1 Å². The molecular weight excluding hydrogens is 334 g/mol. The summed E-state index contributed by atoms with van der Waals surface area (Å²) in [4.78, 5) is 18.1. The SMILES string of the molecule is Cn1ncc(CC(=O)Nc2nc(-c3ccc4c(c3)CCCC4)cs2)n1. The van der Waals surface area contributed by atoms with Gasteiger partial charge in [-0.25, -0.2) is 4.98 Å². The molecular formula is C18H19N5OS. The van der Waals surface area contributed by atoms with E-state index >= 15 is 0 Å². The number of fused-ring (bicyclic) bond motifs is 1. The Labute approximate surface area is 149 Å². The second kappa shape index (κ2) is 6.76. The van der Waals surface area contributed by atoms with Crippen molar-refractivity contribution in [3.05, 3.63) is 46.6 Å². The lowest BCUT2D eigenvalue weighted by Gasteiger charge is -2.16. The van der Waals surface area contributed by atoms with Crippen molar-refractivity contribution < 1.29 is 4.79 Å². The lowest BCUT2D eigenvalue weighted by atomic mass is 9.90. The molecule has 2 aromatic heterocycles. The molecule has 0 unspecified atom stereocenters. The molecule has 7 heteroatoms. The van der Waals surface area contributed by atoms with Gasteiger partial charge < -0.3 is 5.32 Å². The van der Waals surface area contributed by atoms with Crippen LogP contribution in [0.1, 0.15) is 29.7 Å². The summed E-state index contributed by atoms with van der Waals surface area (Å²) in [6.07, 6.45) is 6.66. The summed E-state index contributed by atoms with van der Waals surface area (Å²) in [6, 6.07) is 6.59. The van der Waals surface area contributed by atoms with Gasteiger partial charge in [0.15, 0.2) is 5.13 Å². The van der Waals surface area contributed by atoms with Gasteiger partial charge in [-0.15, -0.1) is 11.3 Å². The average molecular weight is 353 g/mol. The highest BCUT2D eigenvalue weighted by Gasteiger charge is 2.13. The van der Waals surface area contributed by atoms with Crippen molar-refractivity contribution >= 4 is 22.4 Å². The molecule has 6 nitrogen and oxygen atoms in total. The molecule has 1 amide bonds. The van der Waals surface area contributed by atoms with Gasteiger partial charge in [0.2, 0.25) is 5.91 Å². The number of thiazole rings is 1. The number of nitrogens with zero attached hydrogens (tertiary/aromatic N) is 4. The van der Waals surface area contributed by atoms with Gasteiger partial charge in [0.25, 0.3) is 0 Å². The number of hydrogen-bond donors (Lipinski definition) is 1. The molecule has 0 radical (unpaired) electrons. The Kier molecular flexibility index (Phi) is 4.31. The van der Waals surface area contributed by atoms with E-state index in [0.29, 0.717) is 10.8 Å². The fraction of sp³-hybridized carbons (Fsp3) is 0.333. The van der Waals surface area contributed by atoms with Crippen LogP contribution in [0.15, 0.2) is 29.8 Å². The number of amides is 1. The normalized spacial score (nSPS) is 13.5. The first-order valence-electron chi connectivity index (χ1n) is 8.40. The first-order chi connectivity index (χ1) is 12.2. The maximum atomic E-state index is 12.1. The van der Waals surface area contributed by atoms with E-state index in [4.69, 9.17) is 0 Å². The van der Waals surface area contributed by atoms with E-state index < -0.39 is 0 Å². The van der Waals surface area contributed by atoms with Gasteiger partial charge in [0, 0.05) is 18.0 Å². The van der Waals surface area contributed by atoms with E-state index in [2.05, 4.69) is 38.7 Å². The molecule has 1 aliphatic rings. The minimum atomic E-state index is -0.133. The number of rotatable bonds is 4. The van der Waals surface area contributed by atoms with Crippen molar-refractivity contribution in [1.82, 2.24) is 20.0 Å². The second-order valence-electron chi connectivity index (χ2n) is 6.28. The molecule has 0 saturated heterocycles. The highest BCUT2D eigenvalue weighted by atomic mass is 32.1. The molecule has 128 valence electrons. The van der Waals surface area contributed by atoms with E-state index in [1.165, 1.54) is 46.5 Å². The molecule has 1 N–H and O–H groups in total. The zero-order chi connectivity index (χ0) is 17.2. The van der Waals surface area contributed by atoms with Crippen LogP contribution >= 0.6 is 11.3 Å². The highest BCUT2D eigenvalue weighted by molar-refractivity contribution is 7.14. The van der Waals surface area contributed by atoms with Crippen LogP contribution in [0, 0.1) is 0 Å². The zero-order valence-electron chi connectivity index (χ0n) is 14.0. The van der Waals surface area contributed by atoms with Crippen molar-refractivity contribution in [2.24, 2.45) is 7.05 Å². The largest absolute Gasteiger partial charge is 0.302 e. The van der Waals surface area contributed by atoms with E-state index in [1.54, 1.807) is 13.2 Å². The summed E-state index contributed by atoms with van der Waals surface area (Å²) in [7, 11) is 1.73. The van der Waals surface area contributed by atoms with Crippen LogP contribution < -0.4 is 5.32 Å². The Morgan fingerprint density at radius 3 is 2.92 bits per heavy atom. The summed E-state index contributed by atoms with van der Waals surface area (Å²) in [6.45, 7) is 0. The van der Waals surface area contributed by atoms with E-state index in [-0.39, 0.29) is 12.3 Å². The smallest absolute Gasteiger partial charge is 0.232 e. The summed E-state index contributed by atoms with van der Waals surface area (Å²) in [5, 5.41) is 13.5. The first kappa shape index (κ1) is 16.0. The molecule has 0 aliphatic heterocycles. The third-order valence-electron chi connectivity index (χ3n) is 4.38. The fourth-order valence-corrected chi connectivity index (χ4v) is 3.89. The number of aromatic nitrogens is 4.